The summed E-state index contributed by atoms with van der Waals surface area (Å²) in [5, 5.41) is 0. The summed E-state index contributed by atoms with van der Waals surface area (Å²) in [7, 11) is 1.67. The molecule has 0 unspecified atom stereocenters. The van der Waals surface area contributed by atoms with Crippen molar-refractivity contribution in [2.45, 2.75) is 18.9 Å². The van der Waals surface area contributed by atoms with Gasteiger partial charge in [-0.1, -0.05) is 11.8 Å². The molecule has 1 fully saturated rings. The standard InChI is InChI=1S/C16H19FN2O2/c1-21-13-6-9-19(10-7-13)16(20)14-11-12(3-2-8-18)4-5-15(14)17/h4-5,11,13H,6-10,18H2,1H3. The normalized spacial score (nSPS) is 15.5. The summed E-state index contributed by atoms with van der Waals surface area (Å²) < 4.78 is 19.2. The number of carbonyl (C=O) groups is 1. The number of hydrogen-bond donors (Lipinski definition) is 1. The van der Waals surface area contributed by atoms with Crippen LogP contribution >= 0.6 is 0 Å². The van der Waals surface area contributed by atoms with E-state index in [4.69, 9.17) is 10.5 Å². The molecule has 4 nitrogen and oxygen atoms in total. The number of benzene rings is 1. The molecular weight excluding hydrogens is 271 g/mol. The van der Waals surface area contributed by atoms with Crippen molar-refractivity contribution in [2.75, 3.05) is 26.7 Å². The van der Waals surface area contributed by atoms with Gasteiger partial charge in [-0.3, -0.25) is 4.79 Å². The molecule has 1 aromatic carbocycles. The zero-order chi connectivity index (χ0) is 15.2. The second kappa shape index (κ2) is 7.21. The van der Waals surface area contributed by atoms with Crippen molar-refractivity contribution in [2.24, 2.45) is 5.73 Å². The Morgan fingerprint density at radius 2 is 2.19 bits per heavy atom. The highest BCUT2D eigenvalue weighted by Gasteiger charge is 2.25. The van der Waals surface area contributed by atoms with Crippen molar-refractivity contribution >= 4 is 5.91 Å². The number of methoxy groups -OCH3 is 1. The van der Waals surface area contributed by atoms with Gasteiger partial charge in [0.15, 0.2) is 0 Å². The Labute approximate surface area is 124 Å². The molecular formula is C16H19FN2O2. The van der Waals surface area contributed by atoms with Gasteiger partial charge in [-0.2, -0.15) is 0 Å². The molecule has 0 atom stereocenters. The Bertz CT molecular complexity index is 569. The van der Waals surface area contributed by atoms with E-state index in [1.807, 2.05) is 0 Å². The van der Waals surface area contributed by atoms with Crippen molar-refractivity contribution in [3.63, 3.8) is 0 Å². The highest BCUT2D eigenvalue weighted by molar-refractivity contribution is 5.95. The lowest BCUT2D eigenvalue weighted by Crippen LogP contribution is -2.40. The molecule has 1 saturated heterocycles. The number of piperidine rings is 1. The second-order valence-corrected chi connectivity index (χ2v) is 4.93. The molecule has 1 amide bonds. The molecule has 0 saturated carbocycles. The van der Waals surface area contributed by atoms with E-state index in [2.05, 4.69) is 11.8 Å². The minimum absolute atomic E-state index is 0.0645. The maximum absolute atomic E-state index is 13.9. The van der Waals surface area contributed by atoms with Crippen LogP contribution in [0.25, 0.3) is 0 Å². The molecule has 21 heavy (non-hydrogen) atoms. The number of nitrogens with two attached hydrogens (primary N) is 1. The molecule has 2 rings (SSSR count). The fourth-order valence-corrected chi connectivity index (χ4v) is 2.38. The molecule has 2 N–H and O–H groups in total. The number of nitrogens with zero attached hydrogens (tertiary/aromatic N) is 1. The lowest BCUT2D eigenvalue weighted by Gasteiger charge is -2.31. The van der Waals surface area contributed by atoms with Crippen molar-refractivity contribution in [1.29, 1.82) is 0 Å². The molecule has 1 aliphatic rings. The topological polar surface area (TPSA) is 55.6 Å². The largest absolute Gasteiger partial charge is 0.381 e. The highest BCUT2D eigenvalue weighted by Crippen LogP contribution is 2.18. The van der Waals surface area contributed by atoms with E-state index >= 15 is 0 Å². The van der Waals surface area contributed by atoms with Gasteiger partial charge < -0.3 is 15.4 Å². The maximum atomic E-state index is 13.9. The molecule has 5 heteroatoms. The van der Waals surface area contributed by atoms with E-state index in [1.165, 1.54) is 12.1 Å². The highest BCUT2D eigenvalue weighted by atomic mass is 19.1. The van der Waals surface area contributed by atoms with Crippen molar-refractivity contribution in [1.82, 2.24) is 4.90 Å². The zero-order valence-electron chi connectivity index (χ0n) is 12.1. The van der Waals surface area contributed by atoms with Gasteiger partial charge in [-0.05, 0) is 31.0 Å². The Kier molecular flexibility index (Phi) is 5.32. The average molecular weight is 290 g/mol. The van der Waals surface area contributed by atoms with Crippen LogP contribution in [0.3, 0.4) is 0 Å². The monoisotopic (exact) mass is 290 g/mol. The predicted octanol–water partition coefficient (Wildman–Crippen LogP) is 1.39. The summed E-state index contributed by atoms with van der Waals surface area (Å²) in [6, 6.07) is 4.31. The molecule has 112 valence electrons. The van der Waals surface area contributed by atoms with E-state index in [9.17, 15) is 9.18 Å². The van der Waals surface area contributed by atoms with E-state index in [0.717, 1.165) is 12.8 Å². The molecule has 1 heterocycles. The molecule has 0 spiro atoms. The number of likely N-dealkylation sites (tertiary alicyclic amines) is 1. The van der Waals surface area contributed by atoms with Crippen LogP contribution in [-0.2, 0) is 4.74 Å². The van der Waals surface area contributed by atoms with E-state index < -0.39 is 5.82 Å². The van der Waals surface area contributed by atoms with Gasteiger partial charge in [0.05, 0.1) is 18.2 Å². The van der Waals surface area contributed by atoms with Crippen LogP contribution in [-0.4, -0.2) is 43.7 Å². The first-order valence-electron chi connectivity index (χ1n) is 6.96. The lowest BCUT2D eigenvalue weighted by molar-refractivity contribution is 0.0348. The van der Waals surface area contributed by atoms with E-state index in [-0.39, 0.29) is 24.1 Å². The molecule has 0 aliphatic carbocycles. The molecule has 1 aliphatic heterocycles. The molecule has 0 aromatic heterocycles. The predicted molar refractivity (Wildman–Crippen MR) is 78.3 cm³/mol. The van der Waals surface area contributed by atoms with Gasteiger partial charge in [0.25, 0.3) is 5.91 Å². The number of halogens is 1. The summed E-state index contributed by atoms with van der Waals surface area (Å²) in [5.74, 6) is 4.70. The minimum Gasteiger partial charge on any atom is -0.381 e. The fraction of sp³-hybridized carbons (Fsp3) is 0.438. The fourth-order valence-electron chi connectivity index (χ4n) is 2.38. The summed E-state index contributed by atoms with van der Waals surface area (Å²) >= 11 is 0. The van der Waals surface area contributed by atoms with Crippen LogP contribution in [0.1, 0.15) is 28.8 Å². The smallest absolute Gasteiger partial charge is 0.256 e. The van der Waals surface area contributed by atoms with E-state index in [0.29, 0.717) is 18.7 Å². The number of amides is 1. The van der Waals surface area contributed by atoms with Gasteiger partial charge in [-0.15, -0.1) is 0 Å². The Hall–Kier alpha value is -1.90. The molecule has 0 radical (unpaired) electrons. The molecule has 0 bridgehead atoms. The third-order valence-corrected chi connectivity index (χ3v) is 3.59. The van der Waals surface area contributed by atoms with E-state index in [1.54, 1.807) is 18.1 Å². The van der Waals surface area contributed by atoms with Gasteiger partial charge >= 0.3 is 0 Å². The Morgan fingerprint density at radius 1 is 1.48 bits per heavy atom. The van der Waals surface area contributed by atoms with Crippen molar-refractivity contribution < 1.29 is 13.9 Å². The molecule has 1 aromatic rings. The number of ether oxygens (including phenoxy) is 1. The maximum Gasteiger partial charge on any atom is 0.256 e. The van der Waals surface area contributed by atoms with Crippen LogP contribution in [0.5, 0.6) is 0 Å². The van der Waals surface area contributed by atoms with Gasteiger partial charge in [0.2, 0.25) is 0 Å². The SMILES string of the molecule is COC1CCN(C(=O)c2cc(C#CCN)ccc2F)CC1. The number of hydrogen-bond acceptors (Lipinski definition) is 3. The summed E-state index contributed by atoms with van der Waals surface area (Å²) in [5.41, 5.74) is 5.97. The Balaban J connectivity index is 2.15. The summed E-state index contributed by atoms with van der Waals surface area (Å²) in [4.78, 5) is 14.1. The van der Waals surface area contributed by atoms with Crippen LogP contribution in [0.15, 0.2) is 18.2 Å². The van der Waals surface area contributed by atoms with Crippen LogP contribution in [0.2, 0.25) is 0 Å². The lowest BCUT2D eigenvalue weighted by atomic mass is 10.0. The van der Waals surface area contributed by atoms with Crippen LogP contribution in [0.4, 0.5) is 4.39 Å². The van der Waals surface area contributed by atoms with Gasteiger partial charge in [0, 0.05) is 25.8 Å². The van der Waals surface area contributed by atoms with Crippen molar-refractivity contribution in [3.05, 3.63) is 35.1 Å². The first-order valence-corrected chi connectivity index (χ1v) is 6.96. The Morgan fingerprint density at radius 3 is 2.81 bits per heavy atom. The third-order valence-electron chi connectivity index (χ3n) is 3.59. The average Bonchev–Trinajstić information content (AvgIpc) is 2.53. The third kappa shape index (κ3) is 3.81. The van der Waals surface area contributed by atoms with Crippen LogP contribution < -0.4 is 5.73 Å². The minimum atomic E-state index is -0.521. The first kappa shape index (κ1) is 15.5. The van der Waals surface area contributed by atoms with Crippen LogP contribution in [0, 0.1) is 17.7 Å². The van der Waals surface area contributed by atoms with Gasteiger partial charge in [0.1, 0.15) is 5.82 Å². The number of rotatable bonds is 2. The zero-order valence-corrected chi connectivity index (χ0v) is 12.1. The second-order valence-electron chi connectivity index (χ2n) is 4.93. The quantitative estimate of drug-likeness (QED) is 0.837. The first-order chi connectivity index (χ1) is 10.2. The summed E-state index contributed by atoms with van der Waals surface area (Å²) in [6.07, 6.45) is 1.73. The summed E-state index contributed by atoms with van der Waals surface area (Å²) in [6.45, 7) is 1.39. The van der Waals surface area contributed by atoms with Crippen molar-refractivity contribution in [3.8, 4) is 11.8 Å². The van der Waals surface area contributed by atoms with Gasteiger partial charge in [-0.25, -0.2) is 4.39 Å². The number of carbonyl (C=O) groups excluding carboxylic acids is 1.